The number of nitrogens with zero attached hydrogens (tertiary/aromatic N) is 3. The smallest absolute Gasteiger partial charge is 0.255 e. The van der Waals surface area contributed by atoms with Crippen LogP contribution < -0.4 is 5.32 Å². The van der Waals surface area contributed by atoms with E-state index in [2.05, 4.69) is 46.8 Å². The summed E-state index contributed by atoms with van der Waals surface area (Å²) in [4.78, 5) is 12.7. The van der Waals surface area contributed by atoms with E-state index in [1.165, 1.54) is 5.56 Å². The quantitative estimate of drug-likeness (QED) is 0.533. The molecule has 0 fully saturated rings. The molecule has 0 aliphatic rings. The van der Waals surface area contributed by atoms with Gasteiger partial charge in [0, 0.05) is 16.8 Å². The SMILES string of the molecule is Cc1ccc(-c2cnnn2-c2ccc(C(=O)Nc3c(C)cccc3C)cc2)cc1. The van der Waals surface area contributed by atoms with Crippen molar-refractivity contribution in [2.75, 3.05) is 5.32 Å². The number of benzene rings is 3. The van der Waals surface area contributed by atoms with Gasteiger partial charge in [0.05, 0.1) is 17.6 Å². The fraction of sp³-hybridized carbons (Fsp3) is 0.125. The maximum absolute atomic E-state index is 12.7. The van der Waals surface area contributed by atoms with Crippen molar-refractivity contribution < 1.29 is 4.79 Å². The molecular formula is C24H22N4O. The number of carbonyl (C=O) groups is 1. The van der Waals surface area contributed by atoms with Crippen LogP contribution in [0.1, 0.15) is 27.0 Å². The van der Waals surface area contributed by atoms with Gasteiger partial charge in [-0.25, -0.2) is 4.68 Å². The van der Waals surface area contributed by atoms with Crippen LogP contribution in [0.5, 0.6) is 0 Å². The van der Waals surface area contributed by atoms with Crippen LogP contribution >= 0.6 is 0 Å². The maximum atomic E-state index is 12.7. The minimum absolute atomic E-state index is 0.133. The van der Waals surface area contributed by atoms with Gasteiger partial charge in [-0.15, -0.1) is 5.10 Å². The third-order valence-electron chi connectivity index (χ3n) is 4.99. The summed E-state index contributed by atoms with van der Waals surface area (Å²) >= 11 is 0. The van der Waals surface area contributed by atoms with Gasteiger partial charge < -0.3 is 5.32 Å². The second-order valence-electron chi connectivity index (χ2n) is 7.16. The van der Waals surface area contributed by atoms with Crippen LogP contribution in [0.15, 0.2) is 72.9 Å². The first-order valence-electron chi connectivity index (χ1n) is 9.48. The molecule has 3 aromatic carbocycles. The van der Waals surface area contributed by atoms with E-state index in [0.717, 1.165) is 33.8 Å². The van der Waals surface area contributed by atoms with E-state index in [0.29, 0.717) is 5.56 Å². The van der Waals surface area contributed by atoms with Crippen molar-refractivity contribution in [2.45, 2.75) is 20.8 Å². The van der Waals surface area contributed by atoms with Gasteiger partial charge in [-0.1, -0.05) is 53.2 Å². The van der Waals surface area contributed by atoms with Crippen molar-refractivity contribution in [3.63, 3.8) is 0 Å². The molecule has 0 unspecified atom stereocenters. The average Bonchev–Trinajstić information content (AvgIpc) is 3.21. The molecule has 5 nitrogen and oxygen atoms in total. The van der Waals surface area contributed by atoms with Crippen LogP contribution in [-0.2, 0) is 0 Å². The summed E-state index contributed by atoms with van der Waals surface area (Å²) in [6.45, 7) is 6.04. The molecule has 0 radical (unpaired) electrons. The second-order valence-corrected chi connectivity index (χ2v) is 7.16. The summed E-state index contributed by atoms with van der Waals surface area (Å²) in [7, 11) is 0. The lowest BCUT2D eigenvalue weighted by Gasteiger charge is -2.12. The number of aryl methyl sites for hydroxylation is 3. The zero-order valence-electron chi connectivity index (χ0n) is 16.7. The first-order valence-corrected chi connectivity index (χ1v) is 9.48. The number of hydrogen-bond acceptors (Lipinski definition) is 3. The average molecular weight is 382 g/mol. The summed E-state index contributed by atoms with van der Waals surface area (Å²) in [5.74, 6) is -0.133. The third-order valence-corrected chi connectivity index (χ3v) is 4.99. The fourth-order valence-corrected chi connectivity index (χ4v) is 3.30. The van der Waals surface area contributed by atoms with E-state index in [1.54, 1.807) is 23.0 Å². The van der Waals surface area contributed by atoms with Gasteiger partial charge in [0.15, 0.2) is 0 Å². The Morgan fingerprint density at radius 2 is 1.52 bits per heavy atom. The van der Waals surface area contributed by atoms with Gasteiger partial charge in [-0.3, -0.25) is 4.79 Å². The Balaban J connectivity index is 1.58. The molecule has 4 aromatic rings. The number of hydrogen-bond donors (Lipinski definition) is 1. The molecule has 1 heterocycles. The molecule has 0 bridgehead atoms. The van der Waals surface area contributed by atoms with Crippen molar-refractivity contribution in [1.29, 1.82) is 0 Å². The lowest BCUT2D eigenvalue weighted by Crippen LogP contribution is -2.14. The Bertz CT molecular complexity index is 1140. The largest absolute Gasteiger partial charge is 0.322 e. The predicted octanol–water partition coefficient (Wildman–Crippen LogP) is 5.11. The van der Waals surface area contributed by atoms with Crippen LogP contribution in [0.2, 0.25) is 0 Å². The van der Waals surface area contributed by atoms with Crippen molar-refractivity contribution in [3.05, 3.63) is 95.2 Å². The Morgan fingerprint density at radius 3 is 2.17 bits per heavy atom. The molecule has 0 aliphatic heterocycles. The molecule has 29 heavy (non-hydrogen) atoms. The summed E-state index contributed by atoms with van der Waals surface area (Å²) in [5, 5.41) is 11.3. The Labute approximate surface area is 170 Å². The Kier molecular flexibility index (Phi) is 4.96. The summed E-state index contributed by atoms with van der Waals surface area (Å²) in [6.07, 6.45) is 1.74. The Hall–Kier alpha value is -3.73. The topological polar surface area (TPSA) is 59.8 Å². The molecule has 5 heteroatoms. The number of carbonyl (C=O) groups excluding carboxylic acids is 1. The van der Waals surface area contributed by atoms with Crippen LogP contribution in [0.4, 0.5) is 5.69 Å². The molecule has 144 valence electrons. The van der Waals surface area contributed by atoms with Crippen molar-refractivity contribution >= 4 is 11.6 Å². The number of nitrogens with one attached hydrogen (secondary N) is 1. The van der Waals surface area contributed by atoms with Crippen molar-refractivity contribution in [3.8, 4) is 16.9 Å². The number of rotatable bonds is 4. The van der Waals surface area contributed by atoms with E-state index in [1.807, 2.05) is 44.2 Å². The summed E-state index contributed by atoms with van der Waals surface area (Å²) < 4.78 is 1.78. The Morgan fingerprint density at radius 1 is 0.862 bits per heavy atom. The fourth-order valence-electron chi connectivity index (χ4n) is 3.30. The predicted molar refractivity (Wildman–Crippen MR) is 115 cm³/mol. The van der Waals surface area contributed by atoms with E-state index in [-0.39, 0.29) is 5.91 Å². The van der Waals surface area contributed by atoms with E-state index in [9.17, 15) is 4.79 Å². The highest BCUT2D eigenvalue weighted by molar-refractivity contribution is 6.05. The van der Waals surface area contributed by atoms with Crippen molar-refractivity contribution in [1.82, 2.24) is 15.0 Å². The van der Waals surface area contributed by atoms with Gasteiger partial charge in [0.25, 0.3) is 5.91 Å². The molecule has 4 rings (SSSR count). The minimum atomic E-state index is -0.133. The van der Waals surface area contributed by atoms with Crippen LogP contribution in [-0.4, -0.2) is 20.9 Å². The molecule has 0 spiro atoms. The molecule has 0 atom stereocenters. The molecule has 1 N–H and O–H groups in total. The maximum Gasteiger partial charge on any atom is 0.255 e. The second kappa shape index (κ2) is 7.72. The number of aromatic nitrogens is 3. The molecule has 0 saturated heterocycles. The van der Waals surface area contributed by atoms with Crippen LogP contribution in [0, 0.1) is 20.8 Å². The standard InChI is InChI=1S/C24H22N4O/c1-16-7-9-19(10-8-16)22-15-25-27-28(22)21-13-11-20(12-14-21)24(29)26-23-17(2)5-4-6-18(23)3/h4-15H,1-3H3,(H,26,29). The van der Waals surface area contributed by atoms with E-state index >= 15 is 0 Å². The minimum Gasteiger partial charge on any atom is -0.322 e. The third kappa shape index (κ3) is 3.80. The number of amides is 1. The zero-order chi connectivity index (χ0) is 20.4. The van der Waals surface area contributed by atoms with Crippen LogP contribution in [0.25, 0.3) is 16.9 Å². The van der Waals surface area contributed by atoms with E-state index in [4.69, 9.17) is 0 Å². The monoisotopic (exact) mass is 382 g/mol. The van der Waals surface area contributed by atoms with Gasteiger partial charge in [-0.2, -0.15) is 0 Å². The lowest BCUT2D eigenvalue weighted by molar-refractivity contribution is 0.102. The van der Waals surface area contributed by atoms with Gasteiger partial charge in [-0.05, 0) is 56.2 Å². The van der Waals surface area contributed by atoms with Crippen LogP contribution in [0.3, 0.4) is 0 Å². The van der Waals surface area contributed by atoms with Gasteiger partial charge in [0.2, 0.25) is 0 Å². The molecule has 1 amide bonds. The summed E-state index contributed by atoms with van der Waals surface area (Å²) in [6, 6.07) is 21.6. The molecular weight excluding hydrogens is 360 g/mol. The molecule has 1 aromatic heterocycles. The number of para-hydroxylation sites is 1. The normalized spacial score (nSPS) is 10.7. The highest BCUT2D eigenvalue weighted by atomic mass is 16.1. The van der Waals surface area contributed by atoms with Crippen molar-refractivity contribution in [2.24, 2.45) is 0 Å². The van der Waals surface area contributed by atoms with E-state index < -0.39 is 0 Å². The number of anilines is 1. The highest BCUT2D eigenvalue weighted by Gasteiger charge is 2.12. The summed E-state index contributed by atoms with van der Waals surface area (Å²) in [5.41, 5.74) is 7.53. The first kappa shape index (κ1) is 18.6. The first-order chi connectivity index (χ1) is 14.0. The molecule has 0 aliphatic carbocycles. The van der Waals surface area contributed by atoms with Gasteiger partial charge in [0.1, 0.15) is 0 Å². The highest BCUT2D eigenvalue weighted by Crippen LogP contribution is 2.23. The van der Waals surface area contributed by atoms with Gasteiger partial charge >= 0.3 is 0 Å². The zero-order valence-corrected chi connectivity index (χ0v) is 16.7. The lowest BCUT2D eigenvalue weighted by atomic mass is 10.1. The molecule has 0 saturated carbocycles.